The zero-order chi connectivity index (χ0) is 24.4. The average molecular weight is 470 g/mol. The number of rotatable bonds is 7. The Kier molecular flexibility index (Phi) is 6.43. The van der Waals surface area contributed by atoms with E-state index in [2.05, 4.69) is 0 Å². The van der Waals surface area contributed by atoms with Crippen molar-refractivity contribution in [3.63, 3.8) is 0 Å². The van der Waals surface area contributed by atoms with Crippen molar-refractivity contribution in [3.8, 4) is 11.1 Å². The summed E-state index contributed by atoms with van der Waals surface area (Å²) in [5.41, 5.74) is 4.44. The van der Waals surface area contributed by atoms with Gasteiger partial charge in [-0.3, -0.25) is 4.79 Å². The van der Waals surface area contributed by atoms with Gasteiger partial charge in [0.05, 0.1) is 18.1 Å². The number of β-lactam (4-membered cyclic amide) rings is 1. The maximum Gasteiger partial charge on any atom is 0.233 e. The van der Waals surface area contributed by atoms with E-state index in [-0.39, 0.29) is 29.5 Å². The van der Waals surface area contributed by atoms with Crippen LogP contribution in [0.3, 0.4) is 0 Å². The lowest BCUT2D eigenvalue weighted by atomic mass is 9.78. The maximum atomic E-state index is 13.5. The molecule has 0 aromatic heterocycles. The molecule has 1 saturated heterocycles. The Morgan fingerprint density at radius 3 is 1.94 bits per heavy atom. The van der Waals surface area contributed by atoms with Gasteiger partial charge < -0.3 is 10.0 Å². The molecule has 0 radical (unpaired) electrons. The van der Waals surface area contributed by atoms with E-state index in [0.717, 1.165) is 16.7 Å². The molecule has 3 nitrogen and oxygen atoms in total. The lowest BCUT2D eigenvalue weighted by Gasteiger charge is -2.48. The van der Waals surface area contributed by atoms with Crippen molar-refractivity contribution < 1.29 is 18.7 Å². The number of aliphatic hydroxyl groups is 1. The molecule has 0 spiro atoms. The first kappa shape index (κ1) is 22.9. The highest BCUT2D eigenvalue weighted by Crippen LogP contribution is 2.46. The molecule has 1 heterocycles. The molecule has 35 heavy (non-hydrogen) atoms. The van der Waals surface area contributed by atoms with Crippen LogP contribution in [0, 0.1) is 17.6 Å². The topological polar surface area (TPSA) is 40.5 Å². The van der Waals surface area contributed by atoms with Crippen molar-refractivity contribution in [3.05, 3.63) is 126 Å². The van der Waals surface area contributed by atoms with Crippen LogP contribution >= 0.6 is 0 Å². The first-order valence-electron chi connectivity index (χ1n) is 11.7. The third-order valence-corrected chi connectivity index (χ3v) is 6.68. The van der Waals surface area contributed by atoms with E-state index in [1.54, 1.807) is 29.2 Å². The number of anilines is 1. The molecule has 1 aliphatic rings. The average Bonchev–Trinajstić information content (AvgIpc) is 2.89. The largest absolute Gasteiger partial charge is 0.388 e. The van der Waals surface area contributed by atoms with Crippen LogP contribution in [0.5, 0.6) is 0 Å². The van der Waals surface area contributed by atoms with Gasteiger partial charge in [0, 0.05) is 5.69 Å². The van der Waals surface area contributed by atoms with Gasteiger partial charge in [0.1, 0.15) is 11.6 Å². The van der Waals surface area contributed by atoms with Gasteiger partial charge in [-0.25, -0.2) is 8.78 Å². The third-order valence-electron chi connectivity index (χ3n) is 6.68. The fourth-order valence-corrected chi connectivity index (χ4v) is 4.79. The van der Waals surface area contributed by atoms with Gasteiger partial charge in [-0.1, -0.05) is 66.7 Å². The highest BCUT2D eigenvalue weighted by atomic mass is 19.1. The van der Waals surface area contributed by atoms with E-state index in [9.17, 15) is 18.7 Å². The molecule has 4 aromatic rings. The Morgan fingerprint density at radius 1 is 0.743 bits per heavy atom. The minimum Gasteiger partial charge on any atom is -0.388 e. The van der Waals surface area contributed by atoms with Crippen LogP contribution in [-0.4, -0.2) is 11.0 Å². The summed E-state index contributed by atoms with van der Waals surface area (Å²) >= 11 is 0. The first-order valence-corrected chi connectivity index (χ1v) is 11.7. The predicted octanol–water partition coefficient (Wildman–Crippen LogP) is 6.85. The van der Waals surface area contributed by atoms with Crippen molar-refractivity contribution in [2.75, 3.05) is 4.90 Å². The Labute approximate surface area is 203 Å². The van der Waals surface area contributed by atoms with Crippen LogP contribution in [0.4, 0.5) is 14.5 Å². The summed E-state index contributed by atoms with van der Waals surface area (Å²) in [7, 11) is 0. The Bertz CT molecular complexity index is 1290. The third kappa shape index (κ3) is 4.73. The van der Waals surface area contributed by atoms with Crippen LogP contribution in [0.25, 0.3) is 11.1 Å². The number of carbonyl (C=O) groups excluding carboxylic acids is 1. The molecule has 176 valence electrons. The van der Waals surface area contributed by atoms with Crippen LogP contribution in [-0.2, 0) is 4.79 Å². The van der Waals surface area contributed by atoms with Crippen LogP contribution in [0.15, 0.2) is 103 Å². The molecule has 4 aromatic carbocycles. The number of hydrogen-bond donors (Lipinski definition) is 1. The van der Waals surface area contributed by atoms with E-state index in [1.807, 2.05) is 54.6 Å². The highest BCUT2D eigenvalue weighted by molar-refractivity contribution is 6.03. The maximum absolute atomic E-state index is 13.5. The van der Waals surface area contributed by atoms with Crippen LogP contribution in [0.2, 0.25) is 0 Å². The Balaban J connectivity index is 1.39. The van der Waals surface area contributed by atoms with Gasteiger partial charge in [-0.15, -0.1) is 0 Å². The van der Waals surface area contributed by atoms with Crippen molar-refractivity contribution in [1.82, 2.24) is 0 Å². The molecule has 5 heteroatoms. The first-order chi connectivity index (χ1) is 17.0. The van der Waals surface area contributed by atoms with Crippen molar-refractivity contribution in [2.45, 2.75) is 25.0 Å². The van der Waals surface area contributed by atoms with Crippen LogP contribution in [0.1, 0.15) is 36.1 Å². The molecule has 1 unspecified atom stereocenters. The molecule has 1 fully saturated rings. The molecule has 1 aliphatic heterocycles. The van der Waals surface area contributed by atoms with Crippen LogP contribution < -0.4 is 4.90 Å². The van der Waals surface area contributed by atoms with Gasteiger partial charge in [-0.2, -0.15) is 0 Å². The van der Waals surface area contributed by atoms with Crippen molar-refractivity contribution in [2.24, 2.45) is 5.92 Å². The number of nitrogens with zero attached hydrogens (tertiary/aromatic N) is 1. The second kappa shape index (κ2) is 9.80. The van der Waals surface area contributed by atoms with E-state index in [4.69, 9.17) is 0 Å². The zero-order valence-electron chi connectivity index (χ0n) is 19.0. The van der Waals surface area contributed by atoms with E-state index < -0.39 is 6.10 Å². The molecule has 3 atom stereocenters. The normalized spacial score (nSPS) is 18.3. The fourth-order valence-electron chi connectivity index (χ4n) is 4.79. The molecule has 0 bridgehead atoms. The predicted molar refractivity (Wildman–Crippen MR) is 133 cm³/mol. The zero-order valence-corrected chi connectivity index (χ0v) is 19.0. The standard InChI is InChI=1S/C30H25F2NO2/c31-24-12-10-22(11-13-24)28(34)19-18-27-29(33(30(27)35)26-16-14-25(32)15-17-26)23-8-6-21(7-9-23)20-4-2-1-3-5-20/h1-17,27-29,34H,18-19H2/t27?,28-,29+/m0/s1. The summed E-state index contributed by atoms with van der Waals surface area (Å²) in [6.45, 7) is 0. The molecule has 0 aliphatic carbocycles. The Hall–Kier alpha value is -3.83. The highest BCUT2D eigenvalue weighted by Gasteiger charge is 2.48. The Morgan fingerprint density at radius 2 is 1.31 bits per heavy atom. The van der Waals surface area contributed by atoms with Gasteiger partial charge in [-0.05, 0) is 71.5 Å². The summed E-state index contributed by atoms with van der Waals surface area (Å²) in [6, 6.07) is 29.7. The van der Waals surface area contributed by atoms with Gasteiger partial charge in [0.2, 0.25) is 5.91 Å². The summed E-state index contributed by atoms with van der Waals surface area (Å²) in [5, 5.41) is 10.6. The lowest BCUT2D eigenvalue weighted by molar-refractivity contribution is -0.131. The molecular weight excluding hydrogens is 444 g/mol. The van der Waals surface area contributed by atoms with Gasteiger partial charge >= 0.3 is 0 Å². The molecule has 5 rings (SSSR count). The molecule has 1 N–H and O–H groups in total. The molecular formula is C30H25F2NO2. The van der Waals surface area contributed by atoms with E-state index in [1.165, 1.54) is 24.3 Å². The number of aliphatic hydroxyl groups excluding tert-OH is 1. The lowest BCUT2D eigenvalue weighted by Crippen LogP contribution is -2.55. The second-order valence-electron chi connectivity index (χ2n) is 8.87. The number of halogens is 2. The second-order valence-corrected chi connectivity index (χ2v) is 8.87. The summed E-state index contributed by atoms with van der Waals surface area (Å²) in [5.74, 6) is -1.09. The number of amides is 1. The fraction of sp³-hybridized carbons (Fsp3) is 0.167. The number of hydrogen-bond acceptors (Lipinski definition) is 2. The molecule has 1 amide bonds. The minimum absolute atomic E-state index is 0.0555. The number of benzene rings is 4. The van der Waals surface area contributed by atoms with Crippen molar-refractivity contribution >= 4 is 11.6 Å². The van der Waals surface area contributed by atoms with E-state index in [0.29, 0.717) is 24.1 Å². The summed E-state index contributed by atoms with van der Waals surface area (Å²) < 4.78 is 26.7. The minimum atomic E-state index is -0.788. The molecule has 0 saturated carbocycles. The SMILES string of the molecule is O=C1C(CC[C@H](O)c2ccc(F)cc2)[C@@H](c2ccc(-c3ccccc3)cc2)N1c1ccc(F)cc1. The quantitative estimate of drug-likeness (QED) is 0.301. The summed E-state index contributed by atoms with van der Waals surface area (Å²) in [4.78, 5) is 14.9. The van der Waals surface area contributed by atoms with Gasteiger partial charge in [0.25, 0.3) is 0 Å². The smallest absolute Gasteiger partial charge is 0.233 e. The van der Waals surface area contributed by atoms with Crippen molar-refractivity contribution in [1.29, 1.82) is 0 Å². The van der Waals surface area contributed by atoms with Gasteiger partial charge in [0.15, 0.2) is 0 Å². The monoisotopic (exact) mass is 469 g/mol. The van der Waals surface area contributed by atoms with E-state index >= 15 is 0 Å². The summed E-state index contributed by atoms with van der Waals surface area (Å²) in [6.07, 6.45) is 0.0577. The number of carbonyl (C=O) groups is 1.